The SMILES string of the molecule is CN(N=O)C(=O)NC(=O)c1ccccc1. The van der Waals surface area contributed by atoms with Gasteiger partial charge >= 0.3 is 6.03 Å². The Morgan fingerprint density at radius 2 is 1.87 bits per heavy atom. The molecule has 6 nitrogen and oxygen atoms in total. The lowest BCUT2D eigenvalue weighted by atomic mass is 10.2. The van der Waals surface area contributed by atoms with Gasteiger partial charge < -0.3 is 0 Å². The van der Waals surface area contributed by atoms with Gasteiger partial charge in [0.2, 0.25) is 0 Å². The summed E-state index contributed by atoms with van der Waals surface area (Å²) in [5.74, 6) is -0.573. The number of urea groups is 1. The fraction of sp³-hybridized carbons (Fsp3) is 0.111. The molecule has 0 spiro atoms. The van der Waals surface area contributed by atoms with Crippen LogP contribution in [0.15, 0.2) is 35.6 Å². The van der Waals surface area contributed by atoms with Gasteiger partial charge in [-0.2, -0.15) is 5.01 Å². The molecule has 0 saturated heterocycles. The summed E-state index contributed by atoms with van der Waals surface area (Å²) in [6, 6.07) is 7.33. The number of hydrogen-bond acceptors (Lipinski definition) is 4. The minimum atomic E-state index is -0.862. The first-order chi connectivity index (χ1) is 7.15. The standard InChI is InChI=1S/C9H9N3O3/c1-12(11-15)9(14)10-8(13)7-5-3-2-4-6-7/h2-6H,1H3,(H,10,13,14). The van der Waals surface area contributed by atoms with Crippen molar-refractivity contribution in [1.29, 1.82) is 0 Å². The zero-order valence-corrected chi connectivity index (χ0v) is 8.01. The van der Waals surface area contributed by atoms with Gasteiger partial charge in [0.05, 0.1) is 5.29 Å². The van der Waals surface area contributed by atoms with Crippen molar-refractivity contribution < 1.29 is 9.59 Å². The monoisotopic (exact) mass is 207 g/mol. The lowest BCUT2D eigenvalue weighted by Gasteiger charge is -2.07. The average molecular weight is 207 g/mol. The molecule has 1 rings (SSSR count). The van der Waals surface area contributed by atoms with E-state index >= 15 is 0 Å². The van der Waals surface area contributed by atoms with Crippen LogP contribution in [0.3, 0.4) is 0 Å². The number of rotatable bonds is 2. The third-order valence-electron chi connectivity index (χ3n) is 1.67. The molecule has 0 aromatic heterocycles. The Kier molecular flexibility index (Phi) is 3.50. The topological polar surface area (TPSA) is 78.8 Å². The molecule has 0 aliphatic carbocycles. The minimum Gasteiger partial charge on any atom is -0.272 e. The Labute approximate surface area is 85.8 Å². The number of imide groups is 1. The molecule has 3 amide bonds. The molecule has 78 valence electrons. The van der Waals surface area contributed by atoms with E-state index in [1.165, 1.54) is 0 Å². The van der Waals surface area contributed by atoms with Gasteiger partial charge in [0.15, 0.2) is 0 Å². The van der Waals surface area contributed by atoms with Gasteiger partial charge in [-0.3, -0.25) is 10.1 Å². The van der Waals surface area contributed by atoms with Crippen LogP contribution in [-0.2, 0) is 0 Å². The van der Waals surface area contributed by atoms with Gasteiger partial charge in [-0.05, 0) is 12.1 Å². The first-order valence-electron chi connectivity index (χ1n) is 4.12. The molecule has 0 bridgehead atoms. The zero-order valence-electron chi connectivity index (χ0n) is 8.01. The van der Waals surface area contributed by atoms with Crippen LogP contribution in [0.25, 0.3) is 0 Å². The highest BCUT2D eigenvalue weighted by Crippen LogP contribution is 1.98. The number of carbonyl (C=O) groups is 2. The molecule has 0 unspecified atom stereocenters. The van der Waals surface area contributed by atoms with E-state index in [1.54, 1.807) is 30.3 Å². The van der Waals surface area contributed by atoms with Crippen molar-refractivity contribution in [3.8, 4) is 0 Å². The molecule has 0 aliphatic heterocycles. The van der Waals surface area contributed by atoms with Crippen molar-refractivity contribution in [2.45, 2.75) is 0 Å². The maximum Gasteiger partial charge on any atom is 0.347 e. The number of carbonyl (C=O) groups excluding carboxylic acids is 2. The van der Waals surface area contributed by atoms with Gasteiger partial charge in [0.1, 0.15) is 0 Å². The number of amides is 3. The number of nitrogens with one attached hydrogen (secondary N) is 1. The first kappa shape index (κ1) is 10.8. The number of benzene rings is 1. The van der Waals surface area contributed by atoms with Crippen molar-refractivity contribution >= 4 is 11.9 Å². The van der Waals surface area contributed by atoms with E-state index in [2.05, 4.69) is 5.29 Å². The predicted octanol–water partition coefficient (Wildman–Crippen LogP) is 1.15. The van der Waals surface area contributed by atoms with Crippen LogP contribution in [0.2, 0.25) is 0 Å². The highest BCUT2D eigenvalue weighted by Gasteiger charge is 2.13. The summed E-state index contributed by atoms with van der Waals surface area (Å²) in [4.78, 5) is 32.4. The first-order valence-corrected chi connectivity index (χ1v) is 4.12. The van der Waals surface area contributed by atoms with Crippen molar-refractivity contribution in [1.82, 2.24) is 10.3 Å². The Hall–Kier alpha value is -2.24. The normalized spacial score (nSPS) is 9.13. The second-order valence-corrected chi connectivity index (χ2v) is 2.73. The van der Waals surface area contributed by atoms with E-state index in [9.17, 15) is 14.5 Å². The molecule has 1 aromatic carbocycles. The Morgan fingerprint density at radius 3 is 2.40 bits per heavy atom. The van der Waals surface area contributed by atoms with E-state index in [4.69, 9.17) is 0 Å². The van der Waals surface area contributed by atoms with Gasteiger partial charge in [-0.15, -0.1) is 4.91 Å². The molecule has 0 radical (unpaired) electrons. The Balaban J connectivity index is 2.65. The second-order valence-electron chi connectivity index (χ2n) is 2.73. The molecular formula is C9H9N3O3. The molecule has 0 aliphatic rings. The van der Waals surface area contributed by atoms with Crippen LogP contribution in [0.4, 0.5) is 4.79 Å². The van der Waals surface area contributed by atoms with E-state index in [0.29, 0.717) is 10.6 Å². The maximum atomic E-state index is 11.4. The molecule has 0 heterocycles. The van der Waals surface area contributed by atoms with Crippen molar-refractivity contribution in [3.63, 3.8) is 0 Å². The molecular weight excluding hydrogens is 198 g/mol. The van der Waals surface area contributed by atoms with E-state index < -0.39 is 11.9 Å². The lowest BCUT2D eigenvalue weighted by Crippen LogP contribution is -2.37. The fourth-order valence-corrected chi connectivity index (χ4v) is 0.877. The van der Waals surface area contributed by atoms with Crippen molar-refractivity contribution in [2.75, 3.05) is 7.05 Å². The average Bonchev–Trinajstić information content (AvgIpc) is 2.29. The van der Waals surface area contributed by atoms with E-state index in [0.717, 1.165) is 7.05 Å². The van der Waals surface area contributed by atoms with Crippen LogP contribution in [0.1, 0.15) is 10.4 Å². The molecule has 0 atom stereocenters. The third-order valence-corrected chi connectivity index (χ3v) is 1.67. The second kappa shape index (κ2) is 4.85. The Bertz CT molecular complexity index is 377. The number of hydrogen-bond donors (Lipinski definition) is 1. The van der Waals surface area contributed by atoms with Crippen LogP contribution >= 0.6 is 0 Å². The highest BCUT2D eigenvalue weighted by molar-refractivity contribution is 6.03. The Morgan fingerprint density at radius 1 is 1.27 bits per heavy atom. The predicted molar refractivity (Wildman–Crippen MR) is 52.9 cm³/mol. The summed E-state index contributed by atoms with van der Waals surface area (Å²) in [6.07, 6.45) is 0. The van der Waals surface area contributed by atoms with Crippen LogP contribution in [0.5, 0.6) is 0 Å². The van der Waals surface area contributed by atoms with E-state index in [1.807, 2.05) is 5.32 Å². The minimum absolute atomic E-state index is 0.338. The molecule has 6 heteroatoms. The number of nitroso groups, excluding NO2 is 1. The quantitative estimate of drug-likeness (QED) is 0.583. The smallest absolute Gasteiger partial charge is 0.272 e. The summed E-state index contributed by atoms with van der Waals surface area (Å²) in [5, 5.41) is 4.86. The molecule has 0 fully saturated rings. The molecule has 15 heavy (non-hydrogen) atoms. The largest absolute Gasteiger partial charge is 0.347 e. The van der Waals surface area contributed by atoms with Crippen LogP contribution in [-0.4, -0.2) is 24.0 Å². The van der Waals surface area contributed by atoms with Gasteiger partial charge in [-0.1, -0.05) is 18.2 Å². The number of nitrogens with zero attached hydrogens (tertiary/aromatic N) is 2. The highest BCUT2D eigenvalue weighted by atomic mass is 16.3. The maximum absolute atomic E-state index is 11.4. The summed E-state index contributed by atoms with van der Waals surface area (Å²) in [5.41, 5.74) is 0.338. The van der Waals surface area contributed by atoms with Crippen LogP contribution in [0, 0.1) is 4.91 Å². The lowest BCUT2D eigenvalue weighted by molar-refractivity contribution is 0.0955. The van der Waals surface area contributed by atoms with Gasteiger partial charge in [0.25, 0.3) is 5.91 Å². The zero-order chi connectivity index (χ0) is 11.3. The summed E-state index contributed by atoms with van der Waals surface area (Å²) in [7, 11) is 1.15. The van der Waals surface area contributed by atoms with E-state index in [-0.39, 0.29) is 0 Å². The third kappa shape index (κ3) is 2.87. The molecule has 0 saturated carbocycles. The van der Waals surface area contributed by atoms with Gasteiger partial charge in [-0.25, -0.2) is 4.79 Å². The van der Waals surface area contributed by atoms with Crippen molar-refractivity contribution in [2.24, 2.45) is 5.29 Å². The fourth-order valence-electron chi connectivity index (χ4n) is 0.877. The summed E-state index contributed by atoms with van der Waals surface area (Å²) in [6.45, 7) is 0. The molecule has 1 aromatic rings. The molecule has 1 N–H and O–H groups in total. The van der Waals surface area contributed by atoms with Crippen molar-refractivity contribution in [3.05, 3.63) is 40.8 Å². The summed E-state index contributed by atoms with van der Waals surface area (Å²) < 4.78 is 0. The van der Waals surface area contributed by atoms with Gasteiger partial charge in [0, 0.05) is 12.6 Å². The van der Waals surface area contributed by atoms with Crippen LogP contribution < -0.4 is 5.32 Å². The summed E-state index contributed by atoms with van der Waals surface area (Å²) >= 11 is 0.